The molecule has 0 fully saturated rings. The van der Waals surface area contributed by atoms with Gasteiger partial charge in [-0.25, -0.2) is 12.8 Å². The van der Waals surface area contributed by atoms with E-state index in [2.05, 4.69) is 15.7 Å². The van der Waals surface area contributed by atoms with Gasteiger partial charge >= 0.3 is 6.18 Å². The number of fused-ring (bicyclic) bond motifs is 3. The molecule has 0 radical (unpaired) electrons. The fraction of sp³-hybridized carbons (Fsp3) is 0.346. The number of sulfone groups is 1. The Balaban J connectivity index is 1.54. The second kappa shape index (κ2) is 10.0. The average Bonchev–Trinajstić information content (AvgIpc) is 3.39. The van der Waals surface area contributed by atoms with Crippen LogP contribution in [0.2, 0.25) is 0 Å². The molecule has 1 aliphatic carbocycles. The molecule has 2 aromatic carbocycles. The van der Waals surface area contributed by atoms with Gasteiger partial charge in [0.15, 0.2) is 33.7 Å². The van der Waals surface area contributed by atoms with Crippen LogP contribution >= 0.6 is 0 Å². The van der Waals surface area contributed by atoms with Crippen LogP contribution in [-0.4, -0.2) is 61.9 Å². The van der Waals surface area contributed by atoms with Crippen molar-refractivity contribution in [2.24, 2.45) is 0 Å². The maximum absolute atomic E-state index is 14.6. The number of halogens is 4. The van der Waals surface area contributed by atoms with Crippen molar-refractivity contribution in [2.75, 3.05) is 31.0 Å². The van der Waals surface area contributed by atoms with Crippen molar-refractivity contribution < 1.29 is 45.0 Å². The van der Waals surface area contributed by atoms with Gasteiger partial charge in [0, 0.05) is 11.8 Å². The number of hydrogen-bond acceptors (Lipinski definition) is 7. The second-order valence-corrected chi connectivity index (χ2v) is 12.1. The van der Waals surface area contributed by atoms with Gasteiger partial charge in [0.2, 0.25) is 5.91 Å². The third-order valence-electron chi connectivity index (χ3n) is 6.84. The number of amides is 2. The standard InChI is InChI=1S/C26H24F4N4O6S/c1-39-19-6-3-15(10-18(19)27)21-22(31-20(35)11-41(2,37)38)23-24(36)32-25(12-34(23)33-21)8-7-14-9-16(4-5-17(14)25)40-13-26(28,29)30/h3-6,9-10H,7-8,11-13H2,1-2H3,(H,31,35)(H,32,36)/t25-/m0/s1. The van der Waals surface area contributed by atoms with E-state index in [0.29, 0.717) is 24.0 Å². The number of nitrogens with zero attached hydrogens (tertiary/aromatic N) is 2. The molecule has 0 saturated carbocycles. The summed E-state index contributed by atoms with van der Waals surface area (Å²) in [6.45, 7) is -1.36. The van der Waals surface area contributed by atoms with Gasteiger partial charge in [-0.2, -0.15) is 18.3 Å². The lowest BCUT2D eigenvalue weighted by molar-refractivity contribution is -0.153. The van der Waals surface area contributed by atoms with Crippen LogP contribution in [0.25, 0.3) is 11.3 Å². The molecule has 2 N–H and O–H groups in total. The van der Waals surface area contributed by atoms with Gasteiger partial charge in [-0.05, 0) is 54.3 Å². The lowest BCUT2D eigenvalue weighted by Gasteiger charge is -2.36. The van der Waals surface area contributed by atoms with E-state index < -0.39 is 51.5 Å². The Bertz CT molecular complexity index is 1670. The highest BCUT2D eigenvalue weighted by Crippen LogP contribution is 2.44. The minimum absolute atomic E-state index is 0.0322. The Labute approximate surface area is 231 Å². The third-order valence-corrected chi connectivity index (χ3v) is 7.63. The molecule has 2 aliphatic rings. The van der Waals surface area contributed by atoms with Gasteiger partial charge in [0.05, 0.1) is 19.2 Å². The lowest BCUT2D eigenvalue weighted by Crippen LogP contribution is -2.52. The molecule has 1 spiro atoms. The van der Waals surface area contributed by atoms with Crippen molar-refractivity contribution in [1.29, 1.82) is 0 Å². The summed E-state index contributed by atoms with van der Waals surface area (Å²) in [6, 6.07) is 8.42. The number of hydrogen-bond donors (Lipinski definition) is 2. The van der Waals surface area contributed by atoms with Crippen LogP contribution in [0.3, 0.4) is 0 Å². The highest BCUT2D eigenvalue weighted by atomic mass is 32.2. The Kier molecular flexibility index (Phi) is 6.96. The predicted octanol–water partition coefficient (Wildman–Crippen LogP) is 3.21. The number of rotatable bonds is 7. The molecule has 1 aliphatic heterocycles. The maximum Gasteiger partial charge on any atom is 0.422 e. The van der Waals surface area contributed by atoms with E-state index in [-0.39, 0.29) is 40.7 Å². The van der Waals surface area contributed by atoms with Gasteiger partial charge in [-0.3, -0.25) is 14.3 Å². The molecule has 41 heavy (non-hydrogen) atoms. The summed E-state index contributed by atoms with van der Waals surface area (Å²) < 4.78 is 87.0. The van der Waals surface area contributed by atoms with E-state index in [1.165, 1.54) is 36.1 Å². The van der Waals surface area contributed by atoms with E-state index >= 15 is 0 Å². The molecule has 218 valence electrons. The van der Waals surface area contributed by atoms with Crippen LogP contribution in [0.4, 0.5) is 23.2 Å². The van der Waals surface area contributed by atoms with Crippen LogP contribution in [-0.2, 0) is 33.1 Å². The number of methoxy groups -OCH3 is 1. The number of anilines is 1. The SMILES string of the molecule is COc1ccc(-c2nn3c(c2NC(=O)CS(C)(=O)=O)C(=O)N[C@@]2(CCc4cc(OCC(F)(F)F)ccc42)C3)cc1F. The van der Waals surface area contributed by atoms with Crippen molar-refractivity contribution in [3.63, 3.8) is 0 Å². The van der Waals surface area contributed by atoms with E-state index in [0.717, 1.165) is 12.3 Å². The third kappa shape index (κ3) is 5.71. The monoisotopic (exact) mass is 596 g/mol. The fourth-order valence-electron chi connectivity index (χ4n) is 5.20. The van der Waals surface area contributed by atoms with Gasteiger partial charge in [0.25, 0.3) is 5.91 Å². The number of aryl methyl sites for hydroxylation is 1. The van der Waals surface area contributed by atoms with E-state index in [1.54, 1.807) is 6.07 Å². The quantitative estimate of drug-likeness (QED) is 0.401. The number of nitrogens with one attached hydrogen (secondary N) is 2. The van der Waals surface area contributed by atoms with Gasteiger partial charge in [0.1, 0.15) is 22.9 Å². The van der Waals surface area contributed by atoms with Crippen LogP contribution in [0, 0.1) is 5.82 Å². The summed E-state index contributed by atoms with van der Waals surface area (Å²) in [5.74, 6) is -3.13. The molecule has 5 rings (SSSR count). The number of ether oxygens (including phenoxy) is 2. The normalized spacial score (nSPS) is 18.0. The molecular formula is C26H24F4N4O6S. The van der Waals surface area contributed by atoms with Crippen molar-refractivity contribution in [1.82, 2.24) is 15.1 Å². The van der Waals surface area contributed by atoms with Crippen molar-refractivity contribution >= 4 is 27.3 Å². The number of alkyl halides is 3. The molecule has 0 saturated heterocycles. The molecule has 1 aromatic heterocycles. The first kappa shape index (κ1) is 28.4. The predicted molar refractivity (Wildman–Crippen MR) is 138 cm³/mol. The average molecular weight is 597 g/mol. The lowest BCUT2D eigenvalue weighted by atomic mass is 9.89. The van der Waals surface area contributed by atoms with E-state index in [4.69, 9.17) is 9.47 Å². The van der Waals surface area contributed by atoms with Crippen molar-refractivity contribution in [2.45, 2.75) is 31.1 Å². The minimum atomic E-state index is -4.49. The molecular weight excluding hydrogens is 572 g/mol. The highest BCUT2D eigenvalue weighted by molar-refractivity contribution is 7.91. The summed E-state index contributed by atoms with van der Waals surface area (Å²) in [6.07, 6.45) is -2.78. The van der Waals surface area contributed by atoms with Crippen LogP contribution in [0.5, 0.6) is 11.5 Å². The molecule has 2 heterocycles. The zero-order valence-corrected chi connectivity index (χ0v) is 22.6. The first-order valence-electron chi connectivity index (χ1n) is 12.3. The number of aromatic nitrogens is 2. The Morgan fingerprint density at radius 1 is 1.22 bits per heavy atom. The van der Waals surface area contributed by atoms with Crippen LogP contribution in [0.15, 0.2) is 36.4 Å². The highest BCUT2D eigenvalue weighted by Gasteiger charge is 2.46. The zero-order valence-electron chi connectivity index (χ0n) is 21.8. The molecule has 3 aromatic rings. The van der Waals surface area contributed by atoms with Crippen molar-refractivity contribution in [3.8, 4) is 22.8 Å². The number of carbonyl (C=O) groups is 2. The molecule has 10 nitrogen and oxygen atoms in total. The zero-order chi connectivity index (χ0) is 29.7. The topological polar surface area (TPSA) is 129 Å². The molecule has 0 unspecified atom stereocenters. The summed E-state index contributed by atoms with van der Waals surface area (Å²) in [5.41, 5.74) is 0.465. The van der Waals surface area contributed by atoms with Gasteiger partial charge in [-0.1, -0.05) is 6.07 Å². The van der Waals surface area contributed by atoms with E-state index in [9.17, 15) is 35.6 Å². The van der Waals surface area contributed by atoms with Gasteiger partial charge < -0.3 is 20.1 Å². The Morgan fingerprint density at radius 3 is 2.63 bits per heavy atom. The second-order valence-electron chi connectivity index (χ2n) is 9.96. The largest absolute Gasteiger partial charge is 0.494 e. The molecule has 0 bridgehead atoms. The molecule has 2 amide bonds. The smallest absolute Gasteiger partial charge is 0.422 e. The maximum atomic E-state index is 14.6. The van der Waals surface area contributed by atoms with Crippen LogP contribution < -0.4 is 20.1 Å². The van der Waals surface area contributed by atoms with Gasteiger partial charge in [-0.15, -0.1) is 0 Å². The van der Waals surface area contributed by atoms with E-state index in [1.807, 2.05) is 0 Å². The number of benzene rings is 2. The minimum Gasteiger partial charge on any atom is -0.494 e. The summed E-state index contributed by atoms with van der Waals surface area (Å²) >= 11 is 0. The first-order chi connectivity index (χ1) is 19.2. The van der Waals surface area contributed by atoms with Crippen molar-refractivity contribution in [3.05, 3.63) is 59.0 Å². The number of carbonyl (C=O) groups excluding carboxylic acids is 2. The summed E-state index contributed by atoms with van der Waals surface area (Å²) in [4.78, 5) is 26.1. The fourth-order valence-corrected chi connectivity index (χ4v) is 5.75. The first-order valence-corrected chi connectivity index (χ1v) is 14.3. The Morgan fingerprint density at radius 2 is 1.98 bits per heavy atom. The summed E-state index contributed by atoms with van der Waals surface area (Å²) in [5, 5.41) is 9.93. The van der Waals surface area contributed by atoms with Crippen LogP contribution in [0.1, 0.15) is 28.0 Å². The Hall–Kier alpha value is -4.14. The summed E-state index contributed by atoms with van der Waals surface area (Å²) in [7, 11) is -2.42. The molecule has 15 heteroatoms. The molecule has 1 atom stereocenters.